The van der Waals surface area contributed by atoms with Gasteiger partial charge in [0.05, 0.1) is 36.9 Å². The van der Waals surface area contributed by atoms with Crippen LogP contribution in [0.2, 0.25) is 0 Å². The SMILES string of the molecule is C=CCc1ccccc1OCCCn1c(CNC(=O)c2ccccc2OC)nc2ccccc21. The predicted molar refractivity (Wildman–Crippen MR) is 134 cm³/mol. The van der Waals surface area contributed by atoms with Crippen LogP contribution >= 0.6 is 0 Å². The molecule has 0 aliphatic carbocycles. The Balaban J connectivity index is 1.44. The molecule has 0 unspecified atom stereocenters. The van der Waals surface area contributed by atoms with Gasteiger partial charge >= 0.3 is 0 Å². The Morgan fingerprint density at radius 1 is 1.03 bits per heavy atom. The topological polar surface area (TPSA) is 65.4 Å². The Hall–Kier alpha value is -4.06. The zero-order chi connectivity index (χ0) is 23.8. The monoisotopic (exact) mass is 455 g/mol. The predicted octanol–water partition coefficient (Wildman–Crippen LogP) is 5.17. The molecule has 0 spiro atoms. The molecule has 0 fully saturated rings. The van der Waals surface area contributed by atoms with Crippen LogP contribution in [0, 0.1) is 0 Å². The molecule has 1 heterocycles. The average molecular weight is 456 g/mol. The van der Waals surface area contributed by atoms with Crippen molar-refractivity contribution >= 4 is 16.9 Å². The lowest BCUT2D eigenvalue weighted by Crippen LogP contribution is -2.25. The molecule has 6 heteroatoms. The van der Waals surface area contributed by atoms with E-state index in [2.05, 4.69) is 22.5 Å². The number of allylic oxidation sites excluding steroid dienone is 1. The van der Waals surface area contributed by atoms with E-state index < -0.39 is 0 Å². The second kappa shape index (κ2) is 11.2. The zero-order valence-corrected chi connectivity index (χ0v) is 19.4. The van der Waals surface area contributed by atoms with Gasteiger partial charge in [0.2, 0.25) is 0 Å². The van der Waals surface area contributed by atoms with Crippen molar-refractivity contribution in [2.24, 2.45) is 0 Å². The van der Waals surface area contributed by atoms with Gasteiger partial charge in [-0.3, -0.25) is 4.79 Å². The average Bonchev–Trinajstić information content (AvgIpc) is 3.23. The number of para-hydroxylation sites is 4. The van der Waals surface area contributed by atoms with Crippen molar-refractivity contribution in [2.45, 2.75) is 25.9 Å². The van der Waals surface area contributed by atoms with Gasteiger partial charge in [-0.1, -0.05) is 48.5 Å². The van der Waals surface area contributed by atoms with Crippen LogP contribution < -0.4 is 14.8 Å². The van der Waals surface area contributed by atoms with Crippen molar-refractivity contribution in [2.75, 3.05) is 13.7 Å². The number of amides is 1. The van der Waals surface area contributed by atoms with E-state index in [0.717, 1.165) is 47.6 Å². The number of methoxy groups -OCH3 is 1. The Morgan fingerprint density at radius 3 is 2.59 bits per heavy atom. The van der Waals surface area contributed by atoms with Gasteiger partial charge in [-0.2, -0.15) is 0 Å². The quantitative estimate of drug-likeness (QED) is 0.250. The van der Waals surface area contributed by atoms with Gasteiger partial charge in [0.1, 0.15) is 17.3 Å². The van der Waals surface area contributed by atoms with Gasteiger partial charge in [-0.15, -0.1) is 6.58 Å². The van der Waals surface area contributed by atoms with Crippen molar-refractivity contribution in [3.63, 3.8) is 0 Å². The Morgan fingerprint density at radius 2 is 1.76 bits per heavy atom. The van der Waals surface area contributed by atoms with E-state index >= 15 is 0 Å². The van der Waals surface area contributed by atoms with E-state index in [0.29, 0.717) is 24.5 Å². The first kappa shape index (κ1) is 23.1. The highest BCUT2D eigenvalue weighted by molar-refractivity contribution is 5.96. The number of rotatable bonds is 11. The third-order valence-corrected chi connectivity index (χ3v) is 5.61. The Labute approximate surface area is 199 Å². The molecule has 0 bridgehead atoms. The van der Waals surface area contributed by atoms with E-state index in [9.17, 15) is 4.79 Å². The zero-order valence-electron chi connectivity index (χ0n) is 19.4. The summed E-state index contributed by atoms with van der Waals surface area (Å²) in [5.74, 6) is 2.04. The van der Waals surface area contributed by atoms with Crippen LogP contribution in [0.5, 0.6) is 11.5 Å². The minimum Gasteiger partial charge on any atom is -0.496 e. The number of nitrogens with zero attached hydrogens (tertiary/aromatic N) is 2. The number of carbonyl (C=O) groups is 1. The number of imidazole rings is 1. The number of ether oxygens (including phenoxy) is 2. The highest BCUT2D eigenvalue weighted by atomic mass is 16.5. The lowest BCUT2D eigenvalue weighted by molar-refractivity contribution is 0.0946. The number of hydrogen-bond donors (Lipinski definition) is 1. The summed E-state index contributed by atoms with van der Waals surface area (Å²) in [6, 6.07) is 23.2. The van der Waals surface area contributed by atoms with Gasteiger partial charge in [-0.05, 0) is 48.7 Å². The Bertz CT molecular complexity index is 1280. The second-order valence-corrected chi connectivity index (χ2v) is 7.85. The molecule has 6 nitrogen and oxygen atoms in total. The molecule has 1 amide bonds. The first-order valence-electron chi connectivity index (χ1n) is 11.4. The molecule has 174 valence electrons. The number of aromatic nitrogens is 2. The van der Waals surface area contributed by atoms with E-state index in [1.807, 2.05) is 60.7 Å². The van der Waals surface area contributed by atoms with Crippen molar-refractivity contribution in [1.82, 2.24) is 14.9 Å². The van der Waals surface area contributed by atoms with Crippen LogP contribution in [-0.2, 0) is 19.5 Å². The van der Waals surface area contributed by atoms with Crippen molar-refractivity contribution < 1.29 is 14.3 Å². The van der Waals surface area contributed by atoms with Crippen LogP contribution in [0.3, 0.4) is 0 Å². The van der Waals surface area contributed by atoms with E-state index in [-0.39, 0.29) is 5.91 Å². The largest absolute Gasteiger partial charge is 0.496 e. The summed E-state index contributed by atoms with van der Waals surface area (Å²) in [6.07, 6.45) is 3.46. The normalized spacial score (nSPS) is 10.7. The molecule has 0 saturated carbocycles. The Kier molecular flexibility index (Phi) is 7.60. The molecular weight excluding hydrogens is 426 g/mol. The molecule has 3 aromatic carbocycles. The summed E-state index contributed by atoms with van der Waals surface area (Å²) in [6.45, 7) is 5.44. The maximum absolute atomic E-state index is 12.8. The lowest BCUT2D eigenvalue weighted by atomic mass is 10.1. The smallest absolute Gasteiger partial charge is 0.255 e. The molecule has 0 radical (unpaired) electrons. The molecule has 1 N–H and O–H groups in total. The van der Waals surface area contributed by atoms with Crippen LogP contribution in [0.1, 0.15) is 28.2 Å². The fourth-order valence-electron chi connectivity index (χ4n) is 3.97. The third kappa shape index (κ3) is 5.29. The minimum absolute atomic E-state index is 0.196. The van der Waals surface area contributed by atoms with Crippen LogP contribution in [0.25, 0.3) is 11.0 Å². The second-order valence-electron chi connectivity index (χ2n) is 7.85. The highest BCUT2D eigenvalue weighted by Gasteiger charge is 2.15. The fraction of sp³-hybridized carbons (Fsp3) is 0.214. The highest BCUT2D eigenvalue weighted by Crippen LogP contribution is 2.21. The van der Waals surface area contributed by atoms with Gasteiger partial charge < -0.3 is 19.4 Å². The van der Waals surface area contributed by atoms with Gasteiger partial charge in [0.25, 0.3) is 5.91 Å². The fourth-order valence-corrected chi connectivity index (χ4v) is 3.97. The third-order valence-electron chi connectivity index (χ3n) is 5.61. The van der Waals surface area contributed by atoms with Gasteiger partial charge in [0, 0.05) is 6.54 Å². The number of hydrogen-bond acceptors (Lipinski definition) is 4. The molecule has 0 atom stereocenters. The van der Waals surface area contributed by atoms with E-state index in [1.165, 1.54) is 0 Å². The molecule has 34 heavy (non-hydrogen) atoms. The summed E-state index contributed by atoms with van der Waals surface area (Å²) in [7, 11) is 1.56. The van der Waals surface area contributed by atoms with Crippen LogP contribution in [0.15, 0.2) is 85.5 Å². The molecule has 0 saturated heterocycles. The molecule has 0 aliphatic rings. The van der Waals surface area contributed by atoms with Gasteiger partial charge in [-0.25, -0.2) is 4.98 Å². The molecular formula is C28H29N3O3. The van der Waals surface area contributed by atoms with Crippen molar-refractivity contribution in [1.29, 1.82) is 0 Å². The maximum atomic E-state index is 12.8. The first-order valence-corrected chi connectivity index (χ1v) is 11.4. The molecule has 1 aromatic heterocycles. The maximum Gasteiger partial charge on any atom is 0.255 e. The van der Waals surface area contributed by atoms with Crippen molar-refractivity contribution in [3.8, 4) is 11.5 Å². The summed E-state index contributed by atoms with van der Waals surface area (Å²) >= 11 is 0. The summed E-state index contributed by atoms with van der Waals surface area (Å²) in [4.78, 5) is 17.5. The summed E-state index contributed by atoms with van der Waals surface area (Å²) < 4.78 is 13.5. The number of carbonyl (C=O) groups excluding carboxylic acids is 1. The summed E-state index contributed by atoms with van der Waals surface area (Å²) in [5.41, 5.74) is 3.57. The van der Waals surface area contributed by atoms with Gasteiger partial charge in [0.15, 0.2) is 0 Å². The minimum atomic E-state index is -0.196. The van der Waals surface area contributed by atoms with E-state index in [1.54, 1.807) is 19.2 Å². The number of fused-ring (bicyclic) bond motifs is 1. The summed E-state index contributed by atoms with van der Waals surface area (Å²) in [5, 5.41) is 2.99. The van der Waals surface area contributed by atoms with Crippen LogP contribution in [0.4, 0.5) is 0 Å². The number of nitrogens with one attached hydrogen (secondary N) is 1. The van der Waals surface area contributed by atoms with Crippen LogP contribution in [-0.4, -0.2) is 29.2 Å². The molecule has 4 aromatic rings. The lowest BCUT2D eigenvalue weighted by Gasteiger charge is -2.13. The first-order chi connectivity index (χ1) is 16.7. The molecule has 0 aliphatic heterocycles. The number of aryl methyl sites for hydroxylation is 1. The number of benzene rings is 3. The standard InChI is InChI=1S/C28H29N3O3/c1-3-11-21-12-4-8-16-25(21)34-19-10-18-31-24-15-7-6-14-23(24)30-27(31)20-29-28(32)22-13-5-9-17-26(22)33-2/h3-9,12-17H,1,10-11,18-20H2,2H3,(H,29,32). The van der Waals surface area contributed by atoms with E-state index in [4.69, 9.17) is 14.5 Å². The van der Waals surface area contributed by atoms with Crippen molar-refractivity contribution in [3.05, 3.63) is 102 Å². The molecule has 4 rings (SSSR count).